The first-order valence-electron chi connectivity index (χ1n) is 5.50. The second-order valence-corrected chi connectivity index (χ2v) is 4.06. The molecule has 16 heavy (non-hydrogen) atoms. The summed E-state index contributed by atoms with van der Waals surface area (Å²) in [4.78, 5) is 18.5. The summed E-state index contributed by atoms with van der Waals surface area (Å²) in [6.45, 7) is 1.44. The average molecular weight is 223 g/mol. The van der Waals surface area contributed by atoms with Gasteiger partial charge in [-0.25, -0.2) is 4.79 Å². The molecular formula is C11H17N3O2. The molecule has 2 rings (SSSR count). The lowest BCUT2D eigenvalue weighted by Crippen LogP contribution is -2.30. The van der Waals surface area contributed by atoms with Crippen molar-refractivity contribution in [1.82, 2.24) is 14.8 Å². The number of aliphatic hydroxyl groups is 1. The van der Waals surface area contributed by atoms with E-state index in [1.807, 2.05) is 25.4 Å². The standard InChI is InChI=1S/C11H17N3O2/c1-13-10(9-4-2-5-12-9)8-14(11(13)16)6-3-7-15/h2,4-5,10,12,15H,3,6-8H2,1H3. The molecule has 0 aliphatic carbocycles. The number of H-pyrrole nitrogens is 1. The minimum Gasteiger partial charge on any atom is -0.396 e. The van der Waals surface area contributed by atoms with Crippen molar-refractivity contribution < 1.29 is 9.90 Å². The van der Waals surface area contributed by atoms with Crippen LogP contribution in [0.1, 0.15) is 18.2 Å². The van der Waals surface area contributed by atoms with Gasteiger partial charge < -0.3 is 19.9 Å². The third-order valence-corrected chi connectivity index (χ3v) is 3.00. The third-order valence-electron chi connectivity index (χ3n) is 3.00. The average Bonchev–Trinajstić information content (AvgIpc) is 2.88. The van der Waals surface area contributed by atoms with Crippen molar-refractivity contribution in [3.63, 3.8) is 0 Å². The highest BCUT2D eigenvalue weighted by Gasteiger charge is 2.35. The zero-order valence-electron chi connectivity index (χ0n) is 9.39. The maximum absolute atomic E-state index is 11.9. The number of aromatic amines is 1. The fourth-order valence-corrected chi connectivity index (χ4v) is 2.07. The highest BCUT2D eigenvalue weighted by Crippen LogP contribution is 2.26. The fraction of sp³-hybridized carbons (Fsp3) is 0.545. The van der Waals surface area contributed by atoms with Gasteiger partial charge in [0.25, 0.3) is 0 Å². The maximum Gasteiger partial charge on any atom is 0.320 e. The van der Waals surface area contributed by atoms with Crippen LogP contribution >= 0.6 is 0 Å². The van der Waals surface area contributed by atoms with Crippen molar-refractivity contribution in [2.24, 2.45) is 0 Å². The third kappa shape index (κ3) is 1.90. The van der Waals surface area contributed by atoms with Crippen molar-refractivity contribution in [2.45, 2.75) is 12.5 Å². The van der Waals surface area contributed by atoms with E-state index in [9.17, 15) is 4.79 Å². The predicted octanol–water partition coefficient (Wildman–Crippen LogP) is 0.806. The zero-order valence-corrected chi connectivity index (χ0v) is 9.39. The molecule has 1 fully saturated rings. The quantitative estimate of drug-likeness (QED) is 0.793. The second-order valence-electron chi connectivity index (χ2n) is 4.06. The van der Waals surface area contributed by atoms with Crippen LogP contribution in [-0.4, -0.2) is 52.7 Å². The minimum atomic E-state index is 0.0352. The zero-order chi connectivity index (χ0) is 11.5. The number of urea groups is 1. The highest BCUT2D eigenvalue weighted by atomic mass is 16.3. The molecule has 0 aromatic carbocycles. The second kappa shape index (κ2) is 4.57. The van der Waals surface area contributed by atoms with Crippen molar-refractivity contribution >= 4 is 6.03 Å². The normalized spacial score (nSPS) is 20.9. The Morgan fingerprint density at radius 1 is 1.62 bits per heavy atom. The maximum atomic E-state index is 11.9. The topological polar surface area (TPSA) is 59.6 Å². The van der Waals surface area contributed by atoms with Crippen molar-refractivity contribution in [3.8, 4) is 0 Å². The summed E-state index contributed by atoms with van der Waals surface area (Å²) >= 11 is 0. The minimum absolute atomic E-state index is 0.0352. The molecule has 0 bridgehead atoms. The number of nitrogens with one attached hydrogen (secondary N) is 1. The van der Waals surface area contributed by atoms with E-state index in [2.05, 4.69) is 4.98 Å². The largest absolute Gasteiger partial charge is 0.396 e. The van der Waals surface area contributed by atoms with Crippen LogP contribution in [0.2, 0.25) is 0 Å². The summed E-state index contributed by atoms with van der Waals surface area (Å²) in [5.41, 5.74) is 1.06. The number of nitrogens with zero attached hydrogens (tertiary/aromatic N) is 2. The van der Waals surface area contributed by atoms with Crippen LogP contribution in [0.5, 0.6) is 0 Å². The Morgan fingerprint density at radius 3 is 3.06 bits per heavy atom. The molecule has 2 amide bonds. The van der Waals surface area contributed by atoms with Crippen LogP contribution in [0.4, 0.5) is 4.79 Å². The van der Waals surface area contributed by atoms with Gasteiger partial charge in [0.2, 0.25) is 0 Å². The number of carbonyl (C=O) groups is 1. The molecule has 1 saturated heterocycles. The van der Waals surface area contributed by atoms with Crippen LogP contribution < -0.4 is 0 Å². The Morgan fingerprint density at radius 2 is 2.44 bits per heavy atom. The lowest BCUT2D eigenvalue weighted by molar-refractivity contribution is 0.190. The van der Waals surface area contributed by atoms with Gasteiger partial charge in [-0.2, -0.15) is 0 Å². The number of aromatic nitrogens is 1. The van der Waals surface area contributed by atoms with E-state index >= 15 is 0 Å². The summed E-state index contributed by atoms with van der Waals surface area (Å²) in [6.07, 6.45) is 2.50. The van der Waals surface area contributed by atoms with Crippen molar-refractivity contribution in [3.05, 3.63) is 24.0 Å². The molecule has 1 atom stereocenters. The molecule has 5 nitrogen and oxygen atoms in total. The molecule has 88 valence electrons. The summed E-state index contributed by atoms with van der Waals surface area (Å²) < 4.78 is 0. The SMILES string of the molecule is CN1C(=O)N(CCCO)CC1c1ccc[nH]1. The molecule has 0 radical (unpaired) electrons. The van der Waals surface area contributed by atoms with E-state index < -0.39 is 0 Å². The lowest BCUT2D eigenvalue weighted by atomic mass is 10.2. The van der Waals surface area contributed by atoms with E-state index in [4.69, 9.17) is 5.11 Å². The van der Waals surface area contributed by atoms with Gasteiger partial charge in [0.05, 0.1) is 6.04 Å². The molecule has 1 aromatic rings. The number of likely N-dealkylation sites (N-methyl/N-ethyl adjacent to an activating group) is 1. The number of hydrogen-bond acceptors (Lipinski definition) is 2. The van der Waals surface area contributed by atoms with Gasteiger partial charge in [0.1, 0.15) is 0 Å². The van der Waals surface area contributed by atoms with E-state index in [0.717, 1.165) is 5.69 Å². The summed E-state index contributed by atoms with van der Waals surface area (Å²) in [5.74, 6) is 0. The predicted molar refractivity (Wildman–Crippen MR) is 60.0 cm³/mol. The van der Waals surface area contributed by atoms with Crippen LogP contribution in [0.3, 0.4) is 0 Å². The number of amides is 2. The number of aliphatic hydroxyl groups excluding tert-OH is 1. The molecule has 2 heterocycles. The monoisotopic (exact) mass is 223 g/mol. The number of rotatable bonds is 4. The Kier molecular flexibility index (Phi) is 3.14. The number of carbonyl (C=O) groups excluding carboxylic acids is 1. The van der Waals surface area contributed by atoms with Crippen LogP contribution in [-0.2, 0) is 0 Å². The number of hydrogen-bond donors (Lipinski definition) is 2. The van der Waals surface area contributed by atoms with Crippen LogP contribution in [0, 0.1) is 0 Å². The van der Waals surface area contributed by atoms with Crippen molar-refractivity contribution in [2.75, 3.05) is 26.7 Å². The van der Waals surface area contributed by atoms with Gasteiger partial charge in [0, 0.05) is 38.6 Å². The molecule has 5 heteroatoms. The smallest absolute Gasteiger partial charge is 0.320 e. The van der Waals surface area contributed by atoms with Gasteiger partial charge in [-0.05, 0) is 18.6 Å². The first-order chi connectivity index (χ1) is 7.74. The molecule has 1 unspecified atom stereocenters. The van der Waals surface area contributed by atoms with Crippen molar-refractivity contribution in [1.29, 1.82) is 0 Å². The van der Waals surface area contributed by atoms with Gasteiger partial charge in [-0.15, -0.1) is 0 Å². The van der Waals surface area contributed by atoms with Gasteiger partial charge in [-0.1, -0.05) is 0 Å². The Labute approximate surface area is 94.7 Å². The first-order valence-corrected chi connectivity index (χ1v) is 5.50. The van der Waals surface area contributed by atoms with Gasteiger partial charge in [-0.3, -0.25) is 0 Å². The van der Waals surface area contributed by atoms with E-state index in [1.165, 1.54) is 0 Å². The van der Waals surface area contributed by atoms with Gasteiger partial charge in [0.15, 0.2) is 0 Å². The Hall–Kier alpha value is -1.49. The van der Waals surface area contributed by atoms with E-state index in [1.54, 1.807) is 9.80 Å². The molecule has 0 spiro atoms. The molecule has 0 saturated carbocycles. The molecule has 1 aliphatic rings. The molecule has 2 N–H and O–H groups in total. The first kappa shape index (κ1) is 11.0. The molecule has 1 aromatic heterocycles. The Bertz CT molecular complexity index is 350. The fourth-order valence-electron chi connectivity index (χ4n) is 2.07. The van der Waals surface area contributed by atoms with Crippen LogP contribution in [0.25, 0.3) is 0 Å². The summed E-state index contributed by atoms with van der Waals surface area (Å²) in [6, 6.07) is 4.06. The molecular weight excluding hydrogens is 206 g/mol. The van der Waals surface area contributed by atoms with E-state index in [0.29, 0.717) is 19.5 Å². The van der Waals surface area contributed by atoms with Crippen LogP contribution in [0.15, 0.2) is 18.3 Å². The highest BCUT2D eigenvalue weighted by molar-refractivity contribution is 5.77. The summed E-state index contributed by atoms with van der Waals surface area (Å²) in [5, 5.41) is 8.77. The molecule has 1 aliphatic heterocycles. The lowest BCUT2D eigenvalue weighted by Gasteiger charge is -2.16. The van der Waals surface area contributed by atoms with E-state index in [-0.39, 0.29) is 18.7 Å². The summed E-state index contributed by atoms with van der Waals surface area (Å²) in [7, 11) is 1.81. The Balaban J connectivity index is 2.05. The van der Waals surface area contributed by atoms with Gasteiger partial charge >= 0.3 is 6.03 Å².